The number of pyridine rings is 1. The Kier molecular flexibility index (Phi) is 4.70. The van der Waals surface area contributed by atoms with Crippen LogP contribution in [0.1, 0.15) is 44.1 Å². The van der Waals surface area contributed by atoms with Gasteiger partial charge < -0.3 is 9.88 Å². The molecule has 0 bridgehead atoms. The average Bonchev–Trinajstić information content (AvgIpc) is 3.04. The van der Waals surface area contributed by atoms with Gasteiger partial charge in [0.1, 0.15) is 11.3 Å². The fourth-order valence-electron chi connectivity index (χ4n) is 3.87. The molecule has 0 aromatic carbocycles. The third kappa shape index (κ3) is 3.40. The summed E-state index contributed by atoms with van der Waals surface area (Å²) in [5, 5.41) is 9.99. The van der Waals surface area contributed by atoms with E-state index in [1.54, 1.807) is 12.3 Å². The van der Waals surface area contributed by atoms with Gasteiger partial charge in [0.25, 0.3) is 0 Å². The van der Waals surface area contributed by atoms with Crippen molar-refractivity contribution in [3.05, 3.63) is 35.4 Å². The lowest BCUT2D eigenvalue weighted by Crippen LogP contribution is -2.27. The second-order valence-electron chi connectivity index (χ2n) is 6.92. The second-order valence-corrected chi connectivity index (χ2v) is 8.27. The molecular formula is C19H24N4OS. The van der Waals surface area contributed by atoms with Crippen molar-refractivity contribution in [2.24, 2.45) is 0 Å². The van der Waals surface area contributed by atoms with Crippen LogP contribution in [0.15, 0.2) is 29.4 Å². The minimum absolute atomic E-state index is 0.211. The van der Waals surface area contributed by atoms with E-state index in [2.05, 4.69) is 16.0 Å². The standard InChI is InChI=1S/C19H24N4OS/c20-17-12-15(8-10-22(17)13-24)23-9-4-5-14-11-18(21-19(14)23)25-16-6-2-1-3-7-16/h8,10-13,16,20-21H,1-7,9H2. The molecule has 25 heavy (non-hydrogen) atoms. The summed E-state index contributed by atoms with van der Waals surface area (Å²) in [6, 6.07) is 5.99. The zero-order chi connectivity index (χ0) is 17.2. The van der Waals surface area contributed by atoms with E-state index < -0.39 is 0 Å². The molecule has 4 rings (SSSR count). The number of rotatable bonds is 4. The molecule has 0 spiro atoms. The van der Waals surface area contributed by atoms with Crippen LogP contribution in [0, 0.1) is 5.41 Å². The maximum Gasteiger partial charge on any atom is 0.219 e. The molecule has 0 saturated heterocycles. The number of anilines is 2. The van der Waals surface area contributed by atoms with Gasteiger partial charge in [-0.05, 0) is 43.4 Å². The predicted octanol–water partition coefficient (Wildman–Crippen LogP) is 3.84. The highest BCUT2D eigenvalue weighted by atomic mass is 32.2. The Morgan fingerprint density at radius 2 is 2.04 bits per heavy atom. The van der Waals surface area contributed by atoms with Crippen LogP contribution in [0.2, 0.25) is 0 Å². The third-order valence-corrected chi connectivity index (χ3v) is 6.47. The Labute approximate surface area is 151 Å². The Morgan fingerprint density at radius 1 is 1.20 bits per heavy atom. The van der Waals surface area contributed by atoms with Gasteiger partial charge >= 0.3 is 0 Å². The summed E-state index contributed by atoms with van der Waals surface area (Å²) in [5.74, 6) is 1.16. The number of aromatic nitrogens is 2. The van der Waals surface area contributed by atoms with Crippen molar-refractivity contribution in [3.8, 4) is 0 Å². The number of nitrogens with zero attached hydrogens (tertiary/aromatic N) is 2. The highest BCUT2D eigenvalue weighted by Crippen LogP contribution is 2.39. The lowest BCUT2D eigenvalue weighted by molar-refractivity contribution is 0.516. The molecule has 3 heterocycles. The van der Waals surface area contributed by atoms with Crippen LogP contribution in [0.3, 0.4) is 0 Å². The number of fused-ring (bicyclic) bond motifs is 1. The highest BCUT2D eigenvalue weighted by Gasteiger charge is 2.23. The molecule has 6 heteroatoms. The first-order valence-electron chi connectivity index (χ1n) is 9.13. The zero-order valence-electron chi connectivity index (χ0n) is 14.3. The molecule has 2 aliphatic rings. The molecule has 0 radical (unpaired) electrons. The van der Waals surface area contributed by atoms with E-state index >= 15 is 0 Å². The number of H-pyrrole nitrogens is 1. The van der Waals surface area contributed by atoms with Crippen molar-refractivity contribution >= 4 is 29.7 Å². The summed E-state index contributed by atoms with van der Waals surface area (Å²) >= 11 is 1.99. The molecule has 1 fully saturated rings. The molecule has 132 valence electrons. The smallest absolute Gasteiger partial charge is 0.219 e. The molecule has 2 aromatic heterocycles. The molecule has 1 aliphatic heterocycles. The molecule has 5 nitrogen and oxygen atoms in total. The van der Waals surface area contributed by atoms with Crippen LogP contribution in [0.5, 0.6) is 0 Å². The maximum atomic E-state index is 10.9. The Bertz CT molecular complexity index is 819. The van der Waals surface area contributed by atoms with Crippen molar-refractivity contribution < 1.29 is 4.79 Å². The number of carbonyl (C=O) groups excluding carboxylic acids is 1. The van der Waals surface area contributed by atoms with Crippen molar-refractivity contribution in [3.63, 3.8) is 0 Å². The molecule has 1 saturated carbocycles. The van der Waals surface area contributed by atoms with Crippen LogP contribution in [-0.2, 0) is 11.2 Å². The van der Waals surface area contributed by atoms with Crippen molar-refractivity contribution in [1.82, 2.24) is 9.55 Å². The summed E-state index contributed by atoms with van der Waals surface area (Å²) in [7, 11) is 0. The van der Waals surface area contributed by atoms with Gasteiger partial charge in [0.05, 0.1) is 5.03 Å². The molecule has 0 atom stereocenters. The number of aromatic amines is 1. The van der Waals surface area contributed by atoms with Gasteiger partial charge in [-0.2, -0.15) is 0 Å². The first-order chi connectivity index (χ1) is 12.2. The lowest BCUT2D eigenvalue weighted by atomic mass is 10.0. The fraction of sp³-hybridized carbons (Fsp3) is 0.474. The van der Waals surface area contributed by atoms with Gasteiger partial charge in [0.15, 0.2) is 0 Å². The molecule has 2 N–H and O–H groups in total. The number of carbonyl (C=O) groups is 1. The molecular weight excluding hydrogens is 332 g/mol. The van der Waals surface area contributed by atoms with Gasteiger partial charge in [-0.15, -0.1) is 11.8 Å². The largest absolute Gasteiger partial charge is 0.336 e. The highest BCUT2D eigenvalue weighted by molar-refractivity contribution is 7.99. The van der Waals surface area contributed by atoms with Gasteiger partial charge in [-0.25, -0.2) is 0 Å². The van der Waals surface area contributed by atoms with Gasteiger partial charge in [-0.3, -0.25) is 14.8 Å². The summed E-state index contributed by atoms with van der Waals surface area (Å²) in [6.07, 6.45) is 11.3. The third-order valence-electron chi connectivity index (χ3n) is 5.19. The van der Waals surface area contributed by atoms with Gasteiger partial charge in [0, 0.05) is 29.7 Å². The van der Waals surface area contributed by atoms with Gasteiger partial charge in [0.2, 0.25) is 6.41 Å². The number of aryl methyl sites for hydroxylation is 1. The quantitative estimate of drug-likeness (QED) is 0.818. The van der Waals surface area contributed by atoms with E-state index in [1.807, 2.05) is 17.8 Å². The van der Waals surface area contributed by atoms with Crippen molar-refractivity contribution in [2.75, 3.05) is 11.4 Å². The maximum absolute atomic E-state index is 10.9. The average molecular weight is 356 g/mol. The van der Waals surface area contributed by atoms with E-state index in [4.69, 9.17) is 5.41 Å². The minimum atomic E-state index is 0.211. The Morgan fingerprint density at radius 3 is 2.80 bits per heavy atom. The number of hydrogen-bond acceptors (Lipinski definition) is 4. The first kappa shape index (κ1) is 16.5. The van der Waals surface area contributed by atoms with E-state index in [0.29, 0.717) is 6.41 Å². The van der Waals surface area contributed by atoms with Gasteiger partial charge in [-0.1, -0.05) is 19.3 Å². The fourth-order valence-corrected chi connectivity index (χ4v) is 5.17. The number of hydrogen-bond donors (Lipinski definition) is 2. The Balaban J connectivity index is 1.60. The van der Waals surface area contributed by atoms with Crippen LogP contribution < -0.4 is 10.4 Å². The number of thioether (sulfide) groups is 1. The second kappa shape index (κ2) is 7.12. The normalized spacial score (nSPS) is 18.2. The van der Waals surface area contributed by atoms with Crippen LogP contribution in [-0.4, -0.2) is 27.8 Å². The summed E-state index contributed by atoms with van der Waals surface area (Å²) < 4.78 is 1.29. The molecule has 2 aromatic rings. The van der Waals surface area contributed by atoms with Crippen molar-refractivity contribution in [1.29, 1.82) is 5.41 Å². The molecule has 0 amide bonds. The molecule has 1 aliphatic carbocycles. The van der Waals surface area contributed by atoms with E-state index in [-0.39, 0.29) is 5.49 Å². The predicted molar refractivity (Wildman–Crippen MR) is 101 cm³/mol. The monoisotopic (exact) mass is 356 g/mol. The Hall–Kier alpha value is -1.95. The SMILES string of the molecule is N=c1cc(N2CCCc3cc(SC4CCCCC4)[nH]c32)ccn1C=O. The number of nitrogens with one attached hydrogen (secondary N) is 2. The lowest BCUT2D eigenvalue weighted by Gasteiger charge is -2.28. The van der Waals surface area contributed by atoms with E-state index in [0.717, 1.165) is 36.1 Å². The van der Waals surface area contributed by atoms with Crippen LogP contribution >= 0.6 is 11.8 Å². The first-order valence-corrected chi connectivity index (χ1v) is 10.0. The molecule has 0 unspecified atom stereocenters. The van der Waals surface area contributed by atoms with Crippen LogP contribution in [0.25, 0.3) is 0 Å². The summed E-state index contributed by atoms with van der Waals surface area (Å²) in [5.41, 5.74) is 2.55. The van der Waals surface area contributed by atoms with E-state index in [9.17, 15) is 4.79 Å². The minimum Gasteiger partial charge on any atom is -0.336 e. The topological polar surface area (TPSA) is 64.9 Å². The zero-order valence-corrected chi connectivity index (χ0v) is 15.1. The van der Waals surface area contributed by atoms with Crippen LogP contribution in [0.4, 0.5) is 11.5 Å². The summed E-state index contributed by atoms with van der Waals surface area (Å²) in [6.45, 7) is 0.936. The van der Waals surface area contributed by atoms with Crippen molar-refractivity contribution in [2.45, 2.75) is 55.2 Å². The summed E-state index contributed by atoms with van der Waals surface area (Å²) in [4.78, 5) is 16.8. The van der Waals surface area contributed by atoms with E-state index in [1.165, 1.54) is 47.3 Å².